The van der Waals surface area contributed by atoms with E-state index < -0.39 is 18.0 Å². The van der Waals surface area contributed by atoms with E-state index in [-0.39, 0.29) is 18.8 Å². The zero-order valence-electron chi connectivity index (χ0n) is 11.7. The van der Waals surface area contributed by atoms with Gasteiger partial charge in [-0.25, -0.2) is 4.98 Å². The van der Waals surface area contributed by atoms with E-state index in [0.717, 1.165) is 0 Å². The van der Waals surface area contributed by atoms with Crippen molar-refractivity contribution >= 4 is 11.7 Å². The predicted octanol–water partition coefficient (Wildman–Crippen LogP) is 3.06. The van der Waals surface area contributed by atoms with Crippen LogP contribution in [0.2, 0.25) is 0 Å². The van der Waals surface area contributed by atoms with E-state index in [1.807, 2.05) is 0 Å². The molecule has 116 valence electrons. The number of carbonyl (C=O) groups is 1. The van der Waals surface area contributed by atoms with E-state index in [2.05, 4.69) is 10.3 Å². The van der Waals surface area contributed by atoms with Crippen LogP contribution in [0.1, 0.15) is 47.7 Å². The minimum absolute atomic E-state index is 0.0673. The summed E-state index contributed by atoms with van der Waals surface area (Å²) in [6.45, 7) is 0. The van der Waals surface area contributed by atoms with Crippen LogP contribution < -0.4 is 11.1 Å². The van der Waals surface area contributed by atoms with Crippen molar-refractivity contribution in [2.75, 3.05) is 12.4 Å². The molecule has 21 heavy (non-hydrogen) atoms. The molecule has 0 aromatic carbocycles. The quantitative estimate of drug-likeness (QED) is 0.901. The molecule has 1 heterocycles. The zero-order valence-corrected chi connectivity index (χ0v) is 11.7. The zero-order chi connectivity index (χ0) is 15.6. The van der Waals surface area contributed by atoms with E-state index in [1.54, 1.807) is 19.2 Å². The lowest BCUT2D eigenvalue weighted by Gasteiger charge is -2.30. The number of nitrogens with one attached hydrogen (secondary N) is 1. The van der Waals surface area contributed by atoms with Crippen molar-refractivity contribution in [3.63, 3.8) is 0 Å². The molecule has 3 N–H and O–H groups in total. The van der Waals surface area contributed by atoms with Crippen LogP contribution in [-0.4, -0.2) is 24.1 Å². The number of halogens is 3. The summed E-state index contributed by atoms with van der Waals surface area (Å²) in [6.07, 6.45) is -3.28. The number of alkyl halides is 3. The first-order chi connectivity index (χ1) is 9.82. The molecule has 0 saturated heterocycles. The number of aromatic nitrogens is 1. The second kappa shape index (κ2) is 5.91. The van der Waals surface area contributed by atoms with Gasteiger partial charge in [0.1, 0.15) is 5.82 Å². The summed E-state index contributed by atoms with van der Waals surface area (Å²) in [5, 5.41) is 2.86. The fourth-order valence-corrected chi connectivity index (χ4v) is 2.83. The largest absolute Gasteiger partial charge is 0.391 e. The molecule has 0 unspecified atom stereocenters. The summed E-state index contributed by atoms with van der Waals surface area (Å²) in [4.78, 5) is 15.8. The summed E-state index contributed by atoms with van der Waals surface area (Å²) in [7, 11) is 1.69. The van der Waals surface area contributed by atoms with Crippen LogP contribution >= 0.6 is 0 Å². The van der Waals surface area contributed by atoms with Crippen molar-refractivity contribution in [3.05, 3.63) is 23.4 Å². The summed E-state index contributed by atoms with van der Waals surface area (Å²) < 4.78 is 38.1. The minimum Gasteiger partial charge on any atom is -0.373 e. The highest BCUT2D eigenvalue weighted by Crippen LogP contribution is 2.43. The summed E-state index contributed by atoms with van der Waals surface area (Å²) >= 11 is 0. The highest BCUT2D eigenvalue weighted by atomic mass is 19.4. The van der Waals surface area contributed by atoms with Crippen molar-refractivity contribution in [1.82, 2.24) is 4.98 Å². The van der Waals surface area contributed by atoms with E-state index in [9.17, 15) is 18.0 Å². The van der Waals surface area contributed by atoms with Gasteiger partial charge >= 0.3 is 6.18 Å². The van der Waals surface area contributed by atoms with Crippen LogP contribution in [0.25, 0.3) is 0 Å². The van der Waals surface area contributed by atoms with Crippen molar-refractivity contribution in [2.24, 2.45) is 11.7 Å². The Kier molecular flexibility index (Phi) is 4.39. The fourth-order valence-electron chi connectivity index (χ4n) is 2.83. The number of hydrogen-bond acceptors (Lipinski definition) is 3. The molecule has 0 aliphatic heterocycles. The topological polar surface area (TPSA) is 68.0 Å². The minimum atomic E-state index is -4.14. The molecule has 7 heteroatoms. The van der Waals surface area contributed by atoms with Gasteiger partial charge in [0, 0.05) is 13.0 Å². The maximum atomic E-state index is 12.7. The number of anilines is 1. The molecule has 0 atom stereocenters. The van der Waals surface area contributed by atoms with E-state index >= 15 is 0 Å². The average Bonchev–Trinajstić information content (AvgIpc) is 2.45. The van der Waals surface area contributed by atoms with Gasteiger partial charge in [-0.3, -0.25) is 4.79 Å². The number of hydrogen-bond donors (Lipinski definition) is 2. The van der Waals surface area contributed by atoms with Crippen molar-refractivity contribution in [3.8, 4) is 0 Å². The lowest BCUT2D eigenvalue weighted by Crippen LogP contribution is -2.28. The number of nitrogens with zero attached hydrogens (tertiary/aromatic N) is 1. The molecule has 1 aromatic heterocycles. The molecular weight excluding hydrogens is 283 g/mol. The first-order valence-electron chi connectivity index (χ1n) is 6.88. The molecule has 1 fully saturated rings. The van der Waals surface area contributed by atoms with Gasteiger partial charge < -0.3 is 11.1 Å². The van der Waals surface area contributed by atoms with E-state index in [4.69, 9.17) is 5.73 Å². The number of rotatable bonds is 3. The maximum Gasteiger partial charge on any atom is 0.391 e. The first kappa shape index (κ1) is 15.6. The van der Waals surface area contributed by atoms with E-state index in [1.165, 1.54) is 0 Å². The van der Waals surface area contributed by atoms with Crippen LogP contribution in [0, 0.1) is 5.92 Å². The Morgan fingerprint density at radius 3 is 2.38 bits per heavy atom. The molecule has 0 bridgehead atoms. The second-order valence-electron chi connectivity index (χ2n) is 5.33. The Balaban J connectivity index is 2.21. The predicted molar refractivity (Wildman–Crippen MR) is 73.1 cm³/mol. The Labute approximate surface area is 120 Å². The Morgan fingerprint density at radius 2 is 1.90 bits per heavy atom. The Morgan fingerprint density at radius 1 is 1.29 bits per heavy atom. The van der Waals surface area contributed by atoms with Gasteiger partial charge in [-0.1, -0.05) is 0 Å². The summed E-state index contributed by atoms with van der Waals surface area (Å²) in [5.41, 5.74) is 6.14. The number of pyridine rings is 1. The number of nitrogens with two attached hydrogens (primary N) is 1. The van der Waals surface area contributed by atoms with Gasteiger partial charge in [0.15, 0.2) is 0 Å². The number of primary amides is 1. The third kappa shape index (κ3) is 3.46. The standard InChI is InChI=1S/C14H18F3N3O/c1-19-11-7-6-10(13(18)21)12(20-11)8-2-4-9(5-3-8)14(15,16)17/h6-9H,2-5H2,1H3,(H2,18,21)(H,19,20). The second-order valence-corrected chi connectivity index (χ2v) is 5.33. The van der Waals surface area contributed by atoms with Crippen LogP contribution in [-0.2, 0) is 0 Å². The lowest BCUT2D eigenvalue weighted by atomic mass is 9.79. The molecular formula is C14H18F3N3O. The van der Waals surface area contributed by atoms with Crippen molar-refractivity contribution in [1.29, 1.82) is 0 Å². The number of amides is 1. The molecule has 1 amide bonds. The van der Waals surface area contributed by atoms with Crippen molar-refractivity contribution in [2.45, 2.75) is 37.8 Å². The molecule has 2 rings (SSSR count). The van der Waals surface area contributed by atoms with Crippen molar-refractivity contribution < 1.29 is 18.0 Å². The fraction of sp³-hybridized carbons (Fsp3) is 0.571. The third-order valence-electron chi connectivity index (χ3n) is 4.02. The molecule has 1 aliphatic rings. The molecule has 0 radical (unpaired) electrons. The molecule has 0 spiro atoms. The highest BCUT2D eigenvalue weighted by molar-refractivity contribution is 5.94. The van der Waals surface area contributed by atoms with E-state index in [0.29, 0.717) is 29.9 Å². The normalized spacial score (nSPS) is 22.9. The monoisotopic (exact) mass is 301 g/mol. The van der Waals surface area contributed by atoms with Crippen LogP contribution in [0.3, 0.4) is 0 Å². The van der Waals surface area contributed by atoms with Gasteiger partial charge in [-0.05, 0) is 37.8 Å². The van der Waals surface area contributed by atoms with Gasteiger partial charge in [-0.2, -0.15) is 13.2 Å². The number of carbonyl (C=O) groups excluding carboxylic acids is 1. The first-order valence-corrected chi connectivity index (χ1v) is 6.88. The smallest absolute Gasteiger partial charge is 0.373 e. The summed E-state index contributed by atoms with van der Waals surface area (Å²) in [6, 6.07) is 3.21. The SMILES string of the molecule is CNc1ccc(C(N)=O)c(C2CCC(C(F)(F)F)CC2)n1. The lowest BCUT2D eigenvalue weighted by molar-refractivity contribution is -0.182. The molecule has 1 aromatic rings. The Bertz CT molecular complexity index is 523. The average molecular weight is 301 g/mol. The van der Waals surface area contributed by atoms with Crippen LogP contribution in [0.15, 0.2) is 12.1 Å². The molecule has 1 saturated carbocycles. The highest BCUT2D eigenvalue weighted by Gasteiger charge is 2.42. The van der Waals surface area contributed by atoms with Crippen LogP contribution in [0.4, 0.5) is 19.0 Å². The third-order valence-corrected chi connectivity index (χ3v) is 4.02. The Hall–Kier alpha value is -1.79. The van der Waals surface area contributed by atoms with Gasteiger partial charge in [0.05, 0.1) is 17.2 Å². The summed E-state index contributed by atoms with van der Waals surface area (Å²) in [5.74, 6) is -1.43. The van der Waals surface area contributed by atoms with Gasteiger partial charge in [-0.15, -0.1) is 0 Å². The van der Waals surface area contributed by atoms with Gasteiger partial charge in [0.25, 0.3) is 5.91 Å². The molecule has 4 nitrogen and oxygen atoms in total. The maximum absolute atomic E-state index is 12.7. The van der Waals surface area contributed by atoms with Crippen LogP contribution in [0.5, 0.6) is 0 Å². The van der Waals surface area contributed by atoms with Gasteiger partial charge in [0.2, 0.25) is 0 Å². The molecule has 1 aliphatic carbocycles.